The van der Waals surface area contributed by atoms with Gasteiger partial charge in [0.1, 0.15) is 0 Å². The fraction of sp³-hybridized carbons (Fsp3) is 0.500. The first-order valence-corrected chi connectivity index (χ1v) is 6.06. The van der Waals surface area contributed by atoms with Crippen molar-refractivity contribution < 1.29 is 14.6 Å². The van der Waals surface area contributed by atoms with Crippen LogP contribution in [0, 0.1) is 6.92 Å². The third kappa shape index (κ3) is 4.47. The summed E-state index contributed by atoms with van der Waals surface area (Å²) in [6, 6.07) is 8.24. The zero-order valence-electron chi connectivity index (χ0n) is 11.2. The van der Waals surface area contributed by atoms with E-state index in [1.807, 2.05) is 43.0 Å². The zero-order valence-corrected chi connectivity index (χ0v) is 11.2. The molecule has 1 atom stereocenters. The first kappa shape index (κ1) is 14.7. The first-order valence-electron chi connectivity index (χ1n) is 6.06. The Bertz CT molecular complexity index is 375. The molecule has 0 saturated heterocycles. The molecule has 0 aromatic heterocycles. The van der Waals surface area contributed by atoms with E-state index in [-0.39, 0.29) is 12.6 Å². The highest BCUT2D eigenvalue weighted by atomic mass is 16.5. The number of carboxylic acids is 1. The van der Waals surface area contributed by atoms with Crippen LogP contribution in [0.1, 0.15) is 24.1 Å². The van der Waals surface area contributed by atoms with Crippen LogP contribution in [-0.2, 0) is 9.53 Å². The summed E-state index contributed by atoms with van der Waals surface area (Å²) in [5.41, 5.74) is 2.32. The molecular formula is C14H21NO3. The molecule has 0 heterocycles. The number of carbonyl (C=O) groups is 1. The standard InChI is InChI=1S/C14H21NO3/c1-11-4-6-13(7-5-11)12(2)15(8-9-18-3)10-14(16)17/h4-7,12H,8-10H2,1-3H3,(H,16,17). The second kappa shape index (κ2) is 7.13. The van der Waals surface area contributed by atoms with Gasteiger partial charge in [-0.3, -0.25) is 9.69 Å². The molecule has 1 aromatic carbocycles. The van der Waals surface area contributed by atoms with Crippen molar-refractivity contribution in [2.24, 2.45) is 0 Å². The number of aryl methyl sites for hydroxylation is 1. The predicted molar refractivity (Wildman–Crippen MR) is 70.7 cm³/mol. The van der Waals surface area contributed by atoms with Crippen molar-refractivity contribution in [1.29, 1.82) is 0 Å². The number of benzene rings is 1. The Morgan fingerprint density at radius 3 is 2.50 bits per heavy atom. The second-order valence-electron chi connectivity index (χ2n) is 4.44. The maximum Gasteiger partial charge on any atom is 0.317 e. The smallest absolute Gasteiger partial charge is 0.317 e. The third-order valence-electron chi connectivity index (χ3n) is 3.03. The molecule has 0 bridgehead atoms. The summed E-state index contributed by atoms with van der Waals surface area (Å²) >= 11 is 0. The minimum Gasteiger partial charge on any atom is -0.480 e. The quantitative estimate of drug-likeness (QED) is 0.806. The summed E-state index contributed by atoms with van der Waals surface area (Å²) in [5.74, 6) is -0.815. The SMILES string of the molecule is COCCN(CC(=O)O)C(C)c1ccc(C)cc1. The van der Waals surface area contributed by atoms with Gasteiger partial charge in [-0.25, -0.2) is 0 Å². The molecule has 4 heteroatoms. The van der Waals surface area contributed by atoms with Crippen molar-refractivity contribution in [3.8, 4) is 0 Å². The van der Waals surface area contributed by atoms with Crippen LogP contribution in [0.2, 0.25) is 0 Å². The Morgan fingerprint density at radius 2 is 2.00 bits per heavy atom. The highest BCUT2D eigenvalue weighted by molar-refractivity contribution is 5.69. The van der Waals surface area contributed by atoms with Crippen LogP contribution in [0.15, 0.2) is 24.3 Å². The molecule has 4 nitrogen and oxygen atoms in total. The summed E-state index contributed by atoms with van der Waals surface area (Å²) in [7, 11) is 1.62. The van der Waals surface area contributed by atoms with Gasteiger partial charge in [-0.1, -0.05) is 29.8 Å². The lowest BCUT2D eigenvalue weighted by Gasteiger charge is -2.27. The van der Waals surface area contributed by atoms with Gasteiger partial charge in [-0.05, 0) is 19.4 Å². The summed E-state index contributed by atoms with van der Waals surface area (Å²) in [5, 5.41) is 8.94. The number of ether oxygens (including phenoxy) is 1. The molecule has 0 aliphatic carbocycles. The number of hydrogen-bond donors (Lipinski definition) is 1. The van der Waals surface area contributed by atoms with Gasteiger partial charge in [-0.2, -0.15) is 0 Å². The van der Waals surface area contributed by atoms with E-state index in [1.165, 1.54) is 5.56 Å². The van der Waals surface area contributed by atoms with Crippen LogP contribution in [0.5, 0.6) is 0 Å². The number of rotatable bonds is 7. The van der Waals surface area contributed by atoms with Crippen molar-refractivity contribution in [2.45, 2.75) is 19.9 Å². The van der Waals surface area contributed by atoms with Crippen molar-refractivity contribution in [3.05, 3.63) is 35.4 Å². The number of nitrogens with zero attached hydrogens (tertiary/aromatic N) is 1. The molecule has 0 aliphatic heterocycles. The second-order valence-corrected chi connectivity index (χ2v) is 4.44. The highest BCUT2D eigenvalue weighted by Crippen LogP contribution is 2.20. The van der Waals surface area contributed by atoms with Crippen LogP contribution >= 0.6 is 0 Å². The molecule has 1 rings (SSSR count). The number of aliphatic carboxylic acids is 1. The van der Waals surface area contributed by atoms with Crippen LogP contribution in [0.3, 0.4) is 0 Å². The van der Waals surface area contributed by atoms with Gasteiger partial charge in [0.05, 0.1) is 13.2 Å². The molecule has 0 amide bonds. The molecule has 1 N–H and O–H groups in total. The van der Waals surface area contributed by atoms with Crippen LogP contribution in [-0.4, -0.2) is 42.8 Å². The Hall–Kier alpha value is -1.39. The van der Waals surface area contributed by atoms with Crippen LogP contribution < -0.4 is 0 Å². The largest absolute Gasteiger partial charge is 0.480 e. The Kier molecular flexibility index (Phi) is 5.82. The summed E-state index contributed by atoms with van der Waals surface area (Å²) in [4.78, 5) is 12.8. The van der Waals surface area contributed by atoms with Crippen molar-refractivity contribution >= 4 is 5.97 Å². The van der Waals surface area contributed by atoms with Gasteiger partial charge in [0, 0.05) is 19.7 Å². The van der Waals surface area contributed by atoms with E-state index in [0.29, 0.717) is 13.2 Å². The van der Waals surface area contributed by atoms with Crippen molar-refractivity contribution in [3.63, 3.8) is 0 Å². The average molecular weight is 251 g/mol. The van der Waals surface area contributed by atoms with E-state index in [0.717, 1.165) is 5.56 Å². The molecule has 0 fully saturated rings. The Morgan fingerprint density at radius 1 is 1.39 bits per heavy atom. The van der Waals surface area contributed by atoms with Gasteiger partial charge in [0.15, 0.2) is 0 Å². The maximum atomic E-state index is 10.9. The third-order valence-corrected chi connectivity index (χ3v) is 3.03. The maximum absolute atomic E-state index is 10.9. The molecular weight excluding hydrogens is 230 g/mol. The van der Waals surface area contributed by atoms with E-state index < -0.39 is 5.97 Å². The highest BCUT2D eigenvalue weighted by Gasteiger charge is 2.17. The number of hydrogen-bond acceptors (Lipinski definition) is 3. The minimum atomic E-state index is -0.815. The molecule has 100 valence electrons. The fourth-order valence-corrected chi connectivity index (χ4v) is 1.85. The number of methoxy groups -OCH3 is 1. The normalized spacial score (nSPS) is 12.7. The van der Waals surface area contributed by atoms with Crippen molar-refractivity contribution in [1.82, 2.24) is 4.90 Å². The molecule has 1 aromatic rings. The van der Waals surface area contributed by atoms with Gasteiger partial charge < -0.3 is 9.84 Å². The first-order chi connectivity index (χ1) is 8.54. The monoisotopic (exact) mass is 251 g/mol. The Balaban J connectivity index is 2.76. The lowest BCUT2D eigenvalue weighted by atomic mass is 10.1. The number of carboxylic acid groups (broad SMARTS) is 1. The van der Waals surface area contributed by atoms with Gasteiger partial charge in [0.2, 0.25) is 0 Å². The predicted octanol–water partition coefficient (Wildman–Crippen LogP) is 2.09. The van der Waals surface area contributed by atoms with E-state index in [2.05, 4.69) is 0 Å². The summed E-state index contributed by atoms with van der Waals surface area (Å²) < 4.78 is 5.02. The molecule has 0 spiro atoms. The van der Waals surface area contributed by atoms with E-state index in [1.54, 1.807) is 7.11 Å². The molecule has 0 saturated carbocycles. The Labute approximate surface area is 108 Å². The van der Waals surface area contributed by atoms with Crippen LogP contribution in [0.4, 0.5) is 0 Å². The van der Waals surface area contributed by atoms with Gasteiger partial charge in [0.25, 0.3) is 0 Å². The molecule has 0 radical (unpaired) electrons. The molecule has 18 heavy (non-hydrogen) atoms. The minimum absolute atomic E-state index is 0.0262. The topological polar surface area (TPSA) is 49.8 Å². The zero-order chi connectivity index (χ0) is 13.5. The van der Waals surface area contributed by atoms with E-state index >= 15 is 0 Å². The van der Waals surface area contributed by atoms with Gasteiger partial charge >= 0.3 is 5.97 Å². The van der Waals surface area contributed by atoms with E-state index in [9.17, 15) is 4.79 Å². The summed E-state index contributed by atoms with van der Waals surface area (Å²) in [6.07, 6.45) is 0. The average Bonchev–Trinajstić information content (AvgIpc) is 2.34. The fourth-order valence-electron chi connectivity index (χ4n) is 1.85. The van der Waals surface area contributed by atoms with Crippen LogP contribution in [0.25, 0.3) is 0 Å². The summed E-state index contributed by atoms with van der Waals surface area (Å²) in [6.45, 7) is 5.22. The molecule has 1 unspecified atom stereocenters. The van der Waals surface area contributed by atoms with Gasteiger partial charge in [-0.15, -0.1) is 0 Å². The lowest BCUT2D eigenvalue weighted by Crippen LogP contribution is -2.35. The lowest BCUT2D eigenvalue weighted by molar-refractivity contribution is -0.139. The van der Waals surface area contributed by atoms with Crippen molar-refractivity contribution in [2.75, 3.05) is 26.8 Å². The molecule has 0 aliphatic rings. The van der Waals surface area contributed by atoms with E-state index in [4.69, 9.17) is 9.84 Å².